The summed E-state index contributed by atoms with van der Waals surface area (Å²) >= 11 is 12.2. The van der Waals surface area contributed by atoms with Gasteiger partial charge in [0.25, 0.3) is 10.0 Å². The number of aliphatic carboxylic acids is 1. The first-order valence-corrected chi connectivity index (χ1v) is 12.2. The van der Waals surface area contributed by atoms with Crippen molar-refractivity contribution < 1.29 is 23.8 Å². The van der Waals surface area contributed by atoms with Gasteiger partial charge in [0.1, 0.15) is 0 Å². The standard InChI is InChI=1S/C25H19Cl2NO4S.Li.H2O.H/c1-15-18(12-24(29)30)11-17-5-8-20(27)14-23(17)25(15)16-6-9-22(10-7-16)33(31,32)28-21-4-2-3-19(26)13-21;;;/h2-11,13-14,28H,12H2,1H3,(H,29,30);;1H2;. The number of hydrogen-bond donors (Lipinski definition) is 2. The predicted octanol–water partition coefficient (Wildman–Crippen LogP) is 5.08. The van der Waals surface area contributed by atoms with Crippen LogP contribution in [0.3, 0.4) is 0 Å². The van der Waals surface area contributed by atoms with Crippen LogP contribution < -0.4 is 4.72 Å². The van der Waals surface area contributed by atoms with E-state index in [9.17, 15) is 18.3 Å². The van der Waals surface area contributed by atoms with Crippen LogP contribution in [0.15, 0.2) is 77.7 Å². The van der Waals surface area contributed by atoms with Crippen molar-refractivity contribution in [1.29, 1.82) is 0 Å². The monoisotopic (exact) mass is 525 g/mol. The second-order valence-corrected chi connectivity index (χ2v) is 10.2. The normalized spacial score (nSPS) is 10.8. The van der Waals surface area contributed by atoms with Crippen molar-refractivity contribution in [2.45, 2.75) is 18.2 Å². The molecular weight excluding hydrogens is 504 g/mol. The van der Waals surface area contributed by atoms with E-state index in [2.05, 4.69) is 4.72 Å². The van der Waals surface area contributed by atoms with Crippen LogP contribution in [0.1, 0.15) is 11.1 Å². The molecule has 0 amide bonds. The van der Waals surface area contributed by atoms with Crippen LogP contribution >= 0.6 is 23.2 Å². The second kappa shape index (κ2) is 11.5. The number of hydrogen-bond acceptors (Lipinski definition) is 3. The van der Waals surface area contributed by atoms with E-state index in [0.717, 1.165) is 27.5 Å². The molecule has 4 aromatic carbocycles. The number of sulfonamides is 1. The molecule has 0 heterocycles. The molecule has 0 aliphatic heterocycles. The van der Waals surface area contributed by atoms with Crippen molar-refractivity contribution in [2.24, 2.45) is 0 Å². The van der Waals surface area contributed by atoms with Crippen LogP contribution in [0, 0.1) is 6.92 Å². The van der Waals surface area contributed by atoms with Gasteiger partial charge in [0, 0.05) is 10.0 Å². The van der Waals surface area contributed by atoms with Gasteiger partial charge in [-0.1, -0.05) is 53.5 Å². The first-order valence-electron chi connectivity index (χ1n) is 9.96. The van der Waals surface area contributed by atoms with Gasteiger partial charge in [-0.2, -0.15) is 0 Å². The minimum atomic E-state index is -3.82. The molecule has 0 radical (unpaired) electrons. The number of carboxylic acids is 1. The van der Waals surface area contributed by atoms with E-state index < -0.39 is 16.0 Å². The fraction of sp³-hybridized carbons (Fsp3) is 0.0800. The first kappa shape index (κ1) is 28.7. The summed E-state index contributed by atoms with van der Waals surface area (Å²) < 4.78 is 28.2. The van der Waals surface area contributed by atoms with Crippen molar-refractivity contribution in [3.63, 3.8) is 0 Å². The Kier molecular flexibility index (Phi) is 9.43. The zero-order valence-corrected chi connectivity index (χ0v) is 20.3. The Labute approximate surface area is 225 Å². The third kappa shape index (κ3) is 6.39. The van der Waals surface area contributed by atoms with E-state index >= 15 is 0 Å². The molecule has 4 aromatic rings. The predicted molar refractivity (Wildman–Crippen MR) is 143 cm³/mol. The molecule has 0 saturated heterocycles. The van der Waals surface area contributed by atoms with Crippen LogP contribution in [-0.2, 0) is 21.2 Å². The molecular formula is C25H22Cl2LiNO5S. The van der Waals surface area contributed by atoms with E-state index in [1.54, 1.807) is 36.4 Å². The molecule has 0 aromatic heterocycles. The first-order chi connectivity index (χ1) is 15.6. The van der Waals surface area contributed by atoms with Gasteiger partial charge in [0.15, 0.2) is 0 Å². The molecule has 0 aliphatic rings. The molecule has 0 fully saturated rings. The number of rotatable bonds is 6. The molecule has 4 rings (SSSR count). The molecule has 0 aliphatic carbocycles. The third-order valence-corrected chi connectivity index (χ3v) is 7.21. The molecule has 0 atom stereocenters. The fourth-order valence-electron chi connectivity index (χ4n) is 3.81. The van der Waals surface area contributed by atoms with E-state index in [1.165, 1.54) is 18.2 Å². The van der Waals surface area contributed by atoms with Crippen LogP contribution in [0.25, 0.3) is 21.9 Å². The number of anilines is 1. The molecule has 0 saturated carbocycles. The van der Waals surface area contributed by atoms with Crippen molar-refractivity contribution in [2.75, 3.05) is 4.72 Å². The summed E-state index contributed by atoms with van der Waals surface area (Å²) in [6.45, 7) is 1.86. The van der Waals surface area contributed by atoms with E-state index in [-0.39, 0.29) is 35.7 Å². The summed E-state index contributed by atoms with van der Waals surface area (Å²) in [5, 5.41) is 12.0. The molecule has 0 spiro atoms. The zero-order chi connectivity index (χ0) is 23.8. The van der Waals surface area contributed by atoms with Gasteiger partial charge < -0.3 is 10.6 Å². The van der Waals surface area contributed by atoms with Gasteiger partial charge in [-0.25, -0.2) is 8.42 Å². The average molecular weight is 526 g/mol. The minimum absolute atomic E-state index is 0. The Morgan fingerprint density at radius 2 is 1.60 bits per heavy atom. The number of halogens is 2. The van der Waals surface area contributed by atoms with Gasteiger partial charge in [-0.05, 0) is 82.4 Å². The average Bonchev–Trinajstić information content (AvgIpc) is 2.74. The Bertz CT molecular complexity index is 1490. The Morgan fingerprint density at radius 3 is 2.23 bits per heavy atom. The molecule has 4 N–H and O–H groups in total. The SMILES string of the molecule is Cc1c(CC(=O)O)cc2ccc(Cl)cc2c1-c1ccc(S(=O)(=O)Nc2cccc(Cl)c2)cc1.O.[LiH]. The molecule has 0 bridgehead atoms. The summed E-state index contributed by atoms with van der Waals surface area (Å²) in [6, 6.07) is 20.2. The molecule has 178 valence electrons. The Morgan fingerprint density at radius 1 is 0.943 bits per heavy atom. The number of nitrogens with one attached hydrogen (secondary N) is 1. The zero-order valence-electron chi connectivity index (χ0n) is 18.0. The van der Waals surface area contributed by atoms with Gasteiger partial charge in [0.05, 0.1) is 17.0 Å². The Balaban J connectivity index is 0.00000216. The molecule has 6 nitrogen and oxygen atoms in total. The maximum atomic E-state index is 12.8. The number of benzene rings is 4. The molecule has 35 heavy (non-hydrogen) atoms. The summed E-state index contributed by atoms with van der Waals surface area (Å²) in [7, 11) is -3.82. The Hall–Kier alpha value is -2.50. The van der Waals surface area contributed by atoms with E-state index in [0.29, 0.717) is 21.3 Å². The topological polar surface area (TPSA) is 115 Å². The number of carboxylic acid groups (broad SMARTS) is 1. The van der Waals surface area contributed by atoms with Crippen molar-refractivity contribution in [3.05, 3.63) is 94.0 Å². The van der Waals surface area contributed by atoms with Gasteiger partial charge >= 0.3 is 24.8 Å². The van der Waals surface area contributed by atoms with Crippen LogP contribution in [-0.4, -0.2) is 43.8 Å². The van der Waals surface area contributed by atoms with Gasteiger partial charge in [-0.15, -0.1) is 0 Å². The van der Waals surface area contributed by atoms with E-state index in [4.69, 9.17) is 23.2 Å². The third-order valence-electron chi connectivity index (χ3n) is 5.34. The molecule has 10 heteroatoms. The van der Waals surface area contributed by atoms with Crippen molar-refractivity contribution in [3.8, 4) is 11.1 Å². The molecule has 0 unspecified atom stereocenters. The summed E-state index contributed by atoms with van der Waals surface area (Å²) in [4.78, 5) is 11.5. The van der Waals surface area contributed by atoms with Gasteiger partial charge in [-0.3, -0.25) is 9.52 Å². The fourth-order valence-corrected chi connectivity index (χ4v) is 5.23. The quantitative estimate of drug-likeness (QED) is 0.341. The van der Waals surface area contributed by atoms with Crippen molar-refractivity contribution >= 4 is 74.5 Å². The van der Waals surface area contributed by atoms with E-state index in [1.807, 2.05) is 25.1 Å². The van der Waals surface area contributed by atoms with Crippen LogP contribution in [0.2, 0.25) is 10.0 Å². The second-order valence-electron chi connectivity index (χ2n) is 7.61. The summed E-state index contributed by atoms with van der Waals surface area (Å²) in [6.07, 6.45) is -0.118. The summed E-state index contributed by atoms with van der Waals surface area (Å²) in [5.74, 6) is -0.925. The number of fused-ring (bicyclic) bond motifs is 1. The van der Waals surface area contributed by atoms with Crippen LogP contribution in [0.5, 0.6) is 0 Å². The number of carbonyl (C=O) groups is 1. The van der Waals surface area contributed by atoms with Gasteiger partial charge in [0.2, 0.25) is 0 Å². The van der Waals surface area contributed by atoms with Crippen LogP contribution in [0.4, 0.5) is 5.69 Å². The summed E-state index contributed by atoms with van der Waals surface area (Å²) in [5.41, 5.74) is 3.43. The maximum absolute atomic E-state index is 12.8. The van der Waals surface area contributed by atoms with Crippen molar-refractivity contribution in [1.82, 2.24) is 0 Å².